The van der Waals surface area contributed by atoms with Crippen LogP contribution in [0.5, 0.6) is 0 Å². The van der Waals surface area contributed by atoms with E-state index in [1.807, 2.05) is 7.05 Å². The molecule has 1 aliphatic heterocycles. The zero-order chi connectivity index (χ0) is 14.6. The number of hydrogen-bond acceptors (Lipinski definition) is 4. The SMILES string of the molecule is CNCCCNS(=O)(=O)c1ccc2c(c1)C(=O)NCC2. The van der Waals surface area contributed by atoms with Crippen molar-refractivity contribution < 1.29 is 13.2 Å². The molecule has 0 atom stereocenters. The van der Waals surface area contributed by atoms with Crippen molar-refractivity contribution in [3.05, 3.63) is 29.3 Å². The Labute approximate surface area is 119 Å². The third-order valence-corrected chi connectivity index (χ3v) is 4.67. The number of sulfonamides is 1. The highest BCUT2D eigenvalue weighted by Gasteiger charge is 2.21. The molecule has 20 heavy (non-hydrogen) atoms. The van der Waals surface area contributed by atoms with E-state index in [4.69, 9.17) is 0 Å². The van der Waals surface area contributed by atoms with E-state index in [2.05, 4.69) is 15.4 Å². The predicted octanol–water partition coefficient (Wildman–Crippen LogP) is -0.140. The molecule has 1 aliphatic rings. The molecule has 0 spiro atoms. The Kier molecular flexibility index (Phi) is 4.74. The first-order chi connectivity index (χ1) is 9.54. The molecule has 0 aliphatic carbocycles. The van der Waals surface area contributed by atoms with Crippen LogP contribution < -0.4 is 15.4 Å². The smallest absolute Gasteiger partial charge is 0.251 e. The van der Waals surface area contributed by atoms with Crippen LogP contribution in [-0.4, -0.2) is 41.0 Å². The maximum Gasteiger partial charge on any atom is 0.251 e. The molecule has 0 radical (unpaired) electrons. The summed E-state index contributed by atoms with van der Waals surface area (Å²) in [7, 11) is -1.74. The highest BCUT2D eigenvalue weighted by molar-refractivity contribution is 7.89. The predicted molar refractivity (Wildman–Crippen MR) is 76.2 cm³/mol. The van der Waals surface area contributed by atoms with Crippen molar-refractivity contribution in [3.63, 3.8) is 0 Å². The molecule has 0 saturated heterocycles. The van der Waals surface area contributed by atoms with Gasteiger partial charge in [0.15, 0.2) is 0 Å². The quantitative estimate of drug-likeness (QED) is 0.638. The lowest BCUT2D eigenvalue weighted by molar-refractivity contribution is 0.0946. The maximum absolute atomic E-state index is 12.1. The van der Waals surface area contributed by atoms with Gasteiger partial charge in [-0.05, 0) is 44.1 Å². The summed E-state index contributed by atoms with van der Waals surface area (Å²) in [5, 5.41) is 5.67. The summed E-state index contributed by atoms with van der Waals surface area (Å²) < 4.78 is 26.8. The third kappa shape index (κ3) is 3.36. The lowest BCUT2D eigenvalue weighted by Gasteiger charge is -2.17. The molecule has 1 amide bonds. The number of fused-ring (bicyclic) bond motifs is 1. The Morgan fingerprint density at radius 1 is 1.30 bits per heavy atom. The fraction of sp³-hybridized carbons (Fsp3) is 0.462. The van der Waals surface area contributed by atoms with Crippen molar-refractivity contribution in [2.75, 3.05) is 26.7 Å². The fourth-order valence-electron chi connectivity index (χ4n) is 2.11. The number of hydrogen-bond donors (Lipinski definition) is 3. The first-order valence-corrected chi connectivity index (χ1v) is 8.08. The summed E-state index contributed by atoms with van der Waals surface area (Å²) in [6.07, 6.45) is 1.44. The minimum atomic E-state index is -3.56. The summed E-state index contributed by atoms with van der Waals surface area (Å²) in [6.45, 7) is 1.71. The number of nitrogens with one attached hydrogen (secondary N) is 3. The Bertz CT molecular complexity index is 599. The van der Waals surface area contributed by atoms with Crippen LogP contribution in [0.4, 0.5) is 0 Å². The average molecular weight is 297 g/mol. The molecule has 3 N–H and O–H groups in total. The van der Waals surface area contributed by atoms with Gasteiger partial charge in [0.05, 0.1) is 4.90 Å². The van der Waals surface area contributed by atoms with Crippen molar-refractivity contribution in [2.24, 2.45) is 0 Å². The first kappa shape index (κ1) is 15.0. The molecule has 6 nitrogen and oxygen atoms in total. The lowest BCUT2D eigenvalue weighted by Crippen LogP contribution is -2.32. The second-order valence-corrected chi connectivity index (χ2v) is 6.45. The van der Waals surface area contributed by atoms with Gasteiger partial charge in [0, 0.05) is 18.7 Å². The zero-order valence-corrected chi connectivity index (χ0v) is 12.2. The largest absolute Gasteiger partial charge is 0.352 e. The second-order valence-electron chi connectivity index (χ2n) is 4.68. The normalized spacial score (nSPS) is 14.8. The summed E-state index contributed by atoms with van der Waals surface area (Å²) >= 11 is 0. The maximum atomic E-state index is 12.1. The van der Waals surface area contributed by atoms with E-state index in [0.29, 0.717) is 25.1 Å². The van der Waals surface area contributed by atoms with Crippen LogP contribution >= 0.6 is 0 Å². The minimum absolute atomic E-state index is 0.137. The van der Waals surface area contributed by atoms with Gasteiger partial charge in [0.2, 0.25) is 10.0 Å². The van der Waals surface area contributed by atoms with Gasteiger partial charge in [0.25, 0.3) is 5.91 Å². The van der Waals surface area contributed by atoms with Crippen LogP contribution in [0.2, 0.25) is 0 Å². The van der Waals surface area contributed by atoms with E-state index in [0.717, 1.165) is 18.5 Å². The Morgan fingerprint density at radius 2 is 2.10 bits per heavy atom. The van der Waals surface area contributed by atoms with Crippen LogP contribution in [0, 0.1) is 0 Å². The van der Waals surface area contributed by atoms with Crippen LogP contribution in [0.15, 0.2) is 23.1 Å². The number of rotatable bonds is 6. The standard InChI is InChI=1S/C13H19N3O3S/c1-14-6-2-7-16-20(18,19)11-4-3-10-5-8-15-13(17)12(10)9-11/h3-4,9,14,16H,2,5-8H2,1H3,(H,15,17). The van der Waals surface area contributed by atoms with Gasteiger partial charge in [-0.25, -0.2) is 13.1 Å². The summed E-state index contributed by atoms with van der Waals surface area (Å²) in [4.78, 5) is 11.9. The van der Waals surface area contributed by atoms with Gasteiger partial charge >= 0.3 is 0 Å². The molecular weight excluding hydrogens is 278 g/mol. The van der Waals surface area contributed by atoms with Crippen LogP contribution in [-0.2, 0) is 16.4 Å². The van der Waals surface area contributed by atoms with Crippen molar-refractivity contribution in [1.82, 2.24) is 15.4 Å². The molecule has 1 aromatic carbocycles. The lowest BCUT2D eigenvalue weighted by atomic mass is 10.0. The van der Waals surface area contributed by atoms with Crippen molar-refractivity contribution in [1.29, 1.82) is 0 Å². The molecule has 0 saturated carbocycles. The molecule has 2 rings (SSSR count). The molecule has 1 heterocycles. The first-order valence-electron chi connectivity index (χ1n) is 6.60. The van der Waals surface area contributed by atoms with E-state index in [1.54, 1.807) is 12.1 Å². The van der Waals surface area contributed by atoms with E-state index in [9.17, 15) is 13.2 Å². The average Bonchev–Trinajstić information content (AvgIpc) is 2.44. The number of amides is 1. The van der Waals surface area contributed by atoms with Crippen LogP contribution in [0.1, 0.15) is 22.3 Å². The molecular formula is C13H19N3O3S. The zero-order valence-electron chi connectivity index (χ0n) is 11.4. The van der Waals surface area contributed by atoms with Gasteiger partial charge in [-0.3, -0.25) is 4.79 Å². The number of benzene rings is 1. The number of carbonyl (C=O) groups is 1. The van der Waals surface area contributed by atoms with Gasteiger partial charge in [-0.2, -0.15) is 0 Å². The van der Waals surface area contributed by atoms with Gasteiger partial charge in [0.1, 0.15) is 0 Å². The van der Waals surface area contributed by atoms with Gasteiger partial charge in [-0.1, -0.05) is 6.07 Å². The summed E-state index contributed by atoms with van der Waals surface area (Å²) in [6, 6.07) is 4.72. The highest BCUT2D eigenvalue weighted by atomic mass is 32.2. The van der Waals surface area contributed by atoms with E-state index in [1.165, 1.54) is 6.07 Å². The summed E-state index contributed by atoms with van der Waals surface area (Å²) in [5.41, 5.74) is 1.34. The molecule has 0 bridgehead atoms. The molecule has 7 heteroatoms. The Balaban J connectivity index is 2.16. The fourth-order valence-corrected chi connectivity index (χ4v) is 3.21. The molecule has 110 valence electrons. The molecule has 0 aromatic heterocycles. The molecule has 0 fully saturated rings. The van der Waals surface area contributed by atoms with Crippen LogP contribution in [0.25, 0.3) is 0 Å². The number of carbonyl (C=O) groups excluding carboxylic acids is 1. The third-order valence-electron chi connectivity index (χ3n) is 3.21. The van der Waals surface area contributed by atoms with Crippen molar-refractivity contribution >= 4 is 15.9 Å². The minimum Gasteiger partial charge on any atom is -0.352 e. The highest BCUT2D eigenvalue weighted by Crippen LogP contribution is 2.18. The Hall–Kier alpha value is -1.44. The summed E-state index contributed by atoms with van der Waals surface area (Å²) in [5.74, 6) is -0.210. The van der Waals surface area contributed by atoms with E-state index < -0.39 is 10.0 Å². The van der Waals surface area contributed by atoms with E-state index >= 15 is 0 Å². The van der Waals surface area contributed by atoms with Crippen LogP contribution in [0.3, 0.4) is 0 Å². The second kappa shape index (κ2) is 6.34. The van der Waals surface area contributed by atoms with Crippen molar-refractivity contribution in [3.8, 4) is 0 Å². The van der Waals surface area contributed by atoms with Gasteiger partial charge in [-0.15, -0.1) is 0 Å². The Morgan fingerprint density at radius 3 is 2.85 bits per heavy atom. The topological polar surface area (TPSA) is 87.3 Å². The molecule has 1 aromatic rings. The van der Waals surface area contributed by atoms with E-state index in [-0.39, 0.29) is 10.8 Å². The monoisotopic (exact) mass is 297 g/mol. The van der Waals surface area contributed by atoms with Crippen molar-refractivity contribution in [2.45, 2.75) is 17.7 Å². The van der Waals surface area contributed by atoms with Gasteiger partial charge < -0.3 is 10.6 Å². The molecule has 0 unspecified atom stereocenters.